The number of hydrogen-bond donors (Lipinski definition) is 1. The summed E-state index contributed by atoms with van der Waals surface area (Å²) < 4.78 is 0. The molecule has 1 aliphatic rings. The van der Waals surface area contributed by atoms with Gasteiger partial charge in [0.25, 0.3) is 0 Å². The second-order valence-corrected chi connectivity index (χ2v) is 7.45. The third kappa shape index (κ3) is 2.22. The van der Waals surface area contributed by atoms with E-state index in [1.807, 2.05) is 24.3 Å². The predicted molar refractivity (Wildman–Crippen MR) is 109 cm³/mol. The van der Waals surface area contributed by atoms with E-state index < -0.39 is 0 Å². The van der Waals surface area contributed by atoms with Crippen molar-refractivity contribution in [2.24, 2.45) is 0 Å². The van der Waals surface area contributed by atoms with E-state index in [1.165, 1.54) is 22.3 Å². The molecule has 0 unspecified atom stereocenters. The van der Waals surface area contributed by atoms with Crippen molar-refractivity contribution in [3.8, 4) is 11.1 Å². The maximum atomic E-state index is 4.73. The molecule has 0 saturated heterocycles. The molecule has 2 heteroatoms. The summed E-state index contributed by atoms with van der Waals surface area (Å²) >= 11 is 0. The largest absolute Gasteiger partial charge is 0.340 e. The highest BCUT2D eigenvalue weighted by molar-refractivity contribution is 5.84. The fraction of sp³-hybridized carbons (Fsp3) is 0.125. The monoisotopic (exact) mass is 336 g/mol. The van der Waals surface area contributed by atoms with E-state index in [0.29, 0.717) is 0 Å². The smallest absolute Gasteiger partial charge is 0.131 e. The van der Waals surface area contributed by atoms with Gasteiger partial charge in [0.15, 0.2) is 0 Å². The highest BCUT2D eigenvalue weighted by Gasteiger charge is 2.35. The van der Waals surface area contributed by atoms with Crippen LogP contribution in [0.15, 0.2) is 78.9 Å². The Balaban J connectivity index is 1.55. The van der Waals surface area contributed by atoms with Crippen LogP contribution in [-0.4, -0.2) is 4.98 Å². The number of fused-ring (bicyclic) bond motifs is 4. The van der Waals surface area contributed by atoms with Gasteiger partial charge in [-0.05, 0) is 52.6 Å². The molecular formula is C24H20N2. The number of para-hydroxylation sites is 1. The first-order valence-corrected chi connectivity index (χ1v) is 9.00. The van der Waals surface area contributed by atoms with E-state index in [2.05, 4.69) is 73.8 Å². The van der Waals surface area contributed by atoms with E-state index >= 15 is 0 Å². The summed E-state index contributed by atoms with van der Waals surface area (Å²) in [7, 11) is 0. The lowest BCUT2D eigenvalue weighted by Gasteiger charge is -2.22. The Labute approximate surface area is 153 Å². The van der Waals surface area contributed by atoms with Crippen LogP contribution in [0, 0.1) is 0 Å². The molecule has 0 fully saturated rings. The van der Waals surface area contributed by atoms with Crippen molar-refractivity contribution in [1.29, 1.82) is 0 Å². The highest BCUT2D eigenvalue weighted by atomic mass is 15.0. The molecule has 0 spiro atoms. The Kier molecular flexibility index (Phi) is 3.17. The van der Waals surface area contributed by atoms with Gasteiger partial charge >= 0.3 is 0 Å². The van der Waals surface area contributed by atoms with Gasteiger partial charge in [-0.3, -0.25) is 0 Å². The third-order valence-electron chi connectivity index (χ3n) is 5.45. The first-order valence-electron chi connectivity index (χ1n) is 9.00. The Morgan fingerprint density at radius 2 is 1.50 bits per heavy atom. The van der Waals surface area contributed by atoms with E-state index in [1.54, 1.807) is 0 Å². The zero-order valence-electron chi connectivity index (χ0n) is 15.0. The SMILES string of the molecule is CC1(C)c2ccccc2-c2ccc(Nc3ccc4ccccc4n3)cc21. The summed E-state index contributed by atoms with van der Waals surface area (Å²) in [5.41, 5.74) is 7.55. The Morgan fingerprint density at radius 3 is 2.42 bits per heavy atom. The fourth-order valence-corrected chi connectivity index (χ4v) is 4.07. The molecule has 0 radical (unpaired) electrons. The number of aromatic nitrogens is 1. The van der Waals surface area contributed by atoms with Crippen LogP contribution in [0.4, 0.5) is 11.5 Å². The molecule has 1 N–H and O–H groups in total. The molecular weight excluding hydrogens is 316 g/mol. The average Bonchev–Trinajstić information content (AvgIpc) is 2.89. The van der Waals surface area contributed by atoms with Crippen molar-refractivity contribution < 1.29 is 0 Å². The van der Waals surface area contributed by atoms with Gasteiger partial charge in [-0.1, -0.05) is 62.4 Å². The van der Waals surface area contributed by atoms with Gasteiger partial charge in [0, 0.05) is 16.5 Å². The van der Waals surface area contributed by atoms with Crippen molar-refractivity contribution in [1.82, 2.24) is 4.98 Å². The minimum Gasteiger partial charge on any atom is -0.340 e. The van der Waals surface area contributed by atoms with Gasteiger partial charge in [0.2, 0.25) is 0 Å². The highest BCUT2D eigenvalue weighted by Crippen LogP contribution is 2.49. The zero-order valence-corrected chi connectivity index (χ0v) is 15.0. The molecule has 1 aromatic heterocycles. The zero-order chi connectivity index (χ0) is 17.7. The summed E-state index contributed by atoms with van der Waals surface area (Å²) in [4.78, 5) is 4.73. The predicted octanol–water partition coefficient (Wildman–Crippen LogP) is 6.28. The van der Waals surface area contributed by atoms with Crippen LogP contribution in [0.25, 0.3) is 22.0 Å². The van der Waals surface area contributed by atoms with Crippen LogP contribution in [0.1, 0.15) is 25.0 Å². The average molecular weight is 336 g/mol. The Bertz CT molecular complexity index is 1140. The van der Waals surface area contributed by atoms with Crippen LogP contribution in [0.2, 0.25) is 0 Å². The van der Waals surface area contributed by atoms with Crippen LogP contribution >= 0.6 is 0 Å². The van der Waals surface area contributed by atoms with Gasteiger partial charge < -0.3 is 5.32 Å². The van der Waals surface area contributed by atoms with Gasteiger partial charge in [-0.2, -0.15) is 0 Å². The van der Waals surface area contributed by atoms with Crippen LogP contribution in [0.5, 0.6) is 0 Å². The van der Waals surface area contributed by atoms with Crippen LogP contribution in [-0.2, 0) is 5.41 Å². The van der Waals surface area contributed by atoms with E-state index in [-0.39, 0.29) is 5.41 Å². The van der Waals surface area contributed by atoms with Gasteiger partial charge in [0.1, 0.15) is 5.82 Å². The fourth-order valence-electron chi connectivity index (χ4n) is 4.07. The minimum absolute atomic E-state index is 0.0143. The first kappa shape index (κ1) is 15.2. The standard InChI is InChI=1S/C24H20N2/c1-24(2)20-9-5-4-8-18(20)19-13-12-17(15-21(19)24)25-23-14-11-16-7-3-6-10-22(16)26-23/h3-15H,1-2H3,(H,25,26). The maximum absolute atomic E-state index is 4.73. The van der Waals surface area contributed by atoms with Crippen molar-refractivity contribution in [3.05, 3.63) is 90.0 Å². The molecule has 0 bridgehead atoms. The molecule has 3 aromatic carbocycles. The van der Waals surface area contributed by atoms with Gasteiger partial charge in [-0.25, -0.2) is 4.98 Å². The molecule has 0 saturated carbocycles. The number of pyridine rings is 1. The second kappa shape index (κ2) is 5.43. The molecule has 5 rings (SSSR count). The summed E-state index contributed by atoms with van der Waals surface area (Å²) in [5, 5.41) is 4.64. The topological polar surface area (TPSA) is 24.9 Å². The molecule has 0 atom stereocenters. The molecule has 0 amide bonds. The number of hydrogen-bond acceptors (Lipinski definition) is 2. The van der Waals surface area contributed by atoms with Gasteiger partial charge in [-0.15, -0.1) is 0 Å². The summed E-state index contributed by atoms with van der Waals surface area (Å²) in [6.45, 7) is 4.60. The lowest BCUT2D eigenvalue weighted by molar-refractivity contribution is 0.660. The van der Waals surface area contributed by atoms with E-state index in [0.717, 1.165) is 22.4 Å². The molecule has 1 aliphatic carbocycles. The van der Waals surface area contributed by atoms with Crippen molar-refractivity contribution in [2.45, 2.75) is 19.3 Å². The minimum atomic E-state index is 0.0143. The number of nitrogens with one attached hydrogen (secondary N) is 1. The Morgan fingerprint density at radius 1 is 0.731 bits per heavy atom. The number of benzene rings is 3. The number of rotatable bonds is 2. The van der Waals surface area contributed by atoms with Crippen molar-refractivity contribution >= 4 is 22.4 Å². The quantitative estimate of drug-likeness (QED) is 0.465. The molecule has 1 heterocycles. The van der Waals surface area contributed by atoms with Gasteiger partial charge in [0.05, 0.1) is 5.52 Å². The maximum Gasteiger partial charge on any atom is 0.131 e. The number of anilines is 2. The first-order chi connectivity index (χ1) is 12.6. The third-order valence-corrected chi connectivity index (χ3v) is 5.45. The second-order valence-electron chi connectivity index (χ2n) is 7.45. The van der Waals surface area contributed by atoms with Crippen molar-refractivity contribution in [2.75, 3.05) is 5.32 Å². The molecule has 0 aliphatic heterocycles. The normalized spacial score (nSPS) is 14.1. The molecule has 4 aromatic rings. The van der Waals surface area contributed by atoms with E-state index in [9.17, 15) is 0 Å². The molecule has 26 heavy (non-hydrogen) atoms. The van der Waals surface area contributed by atoms with Crippen molar-refractivity contribution in [3.63, 3.8) is 0 Å². The molecule has 2 nitrogen and oxygen atoms in total. The summed E-state index contributed by atoms with van der Waals surface area (Å²) in [6, 6.07) is 27.7. The number of nitrogens with zero attached hydrogens (tertiary/aromatic N) is 1. The van der Waals surface area contributed by atoms with Crippen LogP contribution in [0.3, 0.4) is 0 Å². The lowest BCUT2D eigenvalue weighted by Crippen LogP contribution is -2.15. The summed E-state index contributed by atoms with van der Waals surface area (Å²) in [5.74, 6) is 0.872. The summed E-state index contributed by atoms with van der Waals surface area (Å²) in [6.07, 6.45) is 0. The lowest BCUT2D eigenvalue weighted by atomic mass is 9.82. The molecule has 126 valence electrons. The van der Waals surface area contributed by atoms with Crippen LogP contribution < -0.4 is 5.32 Å². The Hall–Kier alpha value is -3.13. The van der Waals surface area contributed by atoms with E-state index in [4.69, 9.17) is 4.98 Å².